The van der Waals surface area contributed by atoms with E-state index in [4.69, 9.17) is 0 Å². The van der Waals surface area contributed by atoms with Crippen LogP contribution < -0.4 is 5.32 Å². The maximum absolute atomic E-state index is 12.3. The summed E-state index contributed by atoms with van der Waals surface area (Å²) in [6, 6.07) is 4.98. The molecule has 0 radical (unpaired) electrons. The monoisotopic (exact) mass is 299 g/mol. The van der Waals surface area contributed by atoms with E-state index < -0.39 is 0 Å². The van der Waals surface area contributed by atoms with Crippen LogP contribution in [0.15, 0.2) is 36.8 Å². The summed E-state index contributed by atoms with van der Waals surface area (Å²) >= 11 is 0. The van der Waals surface area contributed by atoms with Crippen LogP contribution in [0.2, 0.25) is 0 Å². The van der Waals surface area contributed by atoms with E-state index in [0.29, 0.717) is 24.5 Å². The zero-order valence-electron chi connectivity index (χ0n) is 12.3. The number of anilines is 1. The van der Waals surface area contributed by atoms with E-state index in [2.05, 4.69) is 15.4 Å². The summed E-state index contributed by atoms with van der Waals surface area (Å²) in [4.78, 5) is 29.7. The van der Waals surface area contributed by atoms with Gasteiger partial charge in [0.1, 0.15) is 6.04 Å². The highest BCUT2D eigenvalue weighted by Crippen LogP contribution is 2.19. The lowest BCUT2D eigenvalue weighted by atomic mass is 10.2. The molecule has 3 heterocycles. The third-order valence-corrected chi connectivity index (χ3v) is 3.71. The van der Waals surface area contributed by atoms with Crippen LogP contribution in [-0.4, -0.2) is 44.1 Å². The van der Waals surface area contributed by atoms with Crippen LogP contribution in [0.25, 0.3) is 5.82 Å². The second kappa shape index (κ2) is 5.97. The van der Waals surface area contributed by atoms with E-state index >= 15 is 0 Å². The number of hydrogen-bond acceptors (Lipinski definition) is 4. The molecule has 0 bridgehead atoms. The highest BCUT2D eigenvalue weighted by Gasteiger charge is 2.32. The third-order valence-electron chi connectivity index (χ3n) is 3.71. The Morgan fingerprint density at radius 3 is 2.86 bits per heavy atom. The molecule has 1 aliphatic heterocycles. The summed E-state index contributed by atoms with van der Waals surface area (Å²) < 4.78 is 1.64. The van der Waals surface area contributed by atoms with Gasteiger partial charge in [0, 0.05) is 25.9 Å². The highest BCUT2D eigenvalue weighted by molar-refractivity contribution is 5.97. The fourth-order valence-corrected chi connectivity index (χ4v) is 2.64. The Morgan fingerprint density at radius 1 is 1.36 bits per heavy atom. The van der Waals surface area contributed by atoms with Gasteiger partial charge >= 0.3 is 0 Å². The maximum atomic E-state index is 12.3. The minimum Gasteiger partial charge on any atom is -0.331 e. The molecule has 3 rings (SSSR count). The zero-order chi connectivity index (χ0) is 15.5. The standard InChI is InChI=1S/C15H17N5O2/c1-11(21)19-8-2-4-13(19)15(22)18-12-5-6-14(16-10-12)20-9-3-7-17-20/h3,5-7,9-10,13H,2,4,8H2,1H3,(H,18,22)/t13-/m1/s1. The molecule has 2 aromatic heterocycles. The van der Waals surface area contributed by atoms with Gasteiger partial charge in [0.05, 0.1) is 11.9 Å². The fourth-order valence-electron chi connectivity index (χ4n) is 2.64. The molecule has 7 heteroatoms. The second-order valence-electron chi connectivity index (χ2n) is 5.22. The molecule has 114 valence electrons. The Balaban J connectivity index is 1.68. The van der Waals surface area contributed by atoms with Gasteiger partial charge in [-0.2, -0.15) is 5.10 Å². The van der Waals surface area contributed by atoms with Crippen molar-refractivity contribution in [2.45, 2.75) is 25.8 Å². The number of aromatic nitrogens is 3. The quantitative estimate of drug-likeness (QED) is 0.924. The lowest BCUT2D eigenvalue weighted by molar-refractivity contribution is -0.134. The van der Waals surface area contributed by atoms with Gasteiger partial charge < -0.3 is 10.2 Å². The van der Waals surface area contributed by atoms with Gasteiger partial charge in [-0.1, -0.05) is 0 Å². The van der Waals surface area contributed by atoms with Gasteiger partial charge in [0.15, 0.2) is 5.82 Å². The first-order valence-electron chi connectivity index (χ1n) is 7.19. The summed E-state index contributed by atoms with van der Waals surface area (Å²) in [6.07, 6.45) is 6.61. The fraction of sp³-hybridized carbons (Fsp3) is 0.333. The minimum atomic E-state index is -0.386. The van der Waals surface area contributed by atoms with Crippen molar-refractivity contribution in [3.63, 3.8) is 0 Å². The van der Waals surface area contributed by atoms with Crippen LogP contribution in [0.5, 0.6) is 0 Å². The molecular formula is C15H17N5O2. The van der Waals surface area contributed by atoms with Crippen molar-refractivity contribution in [3.8, 4) is 5.82 Å². The van der Waals surface area contributed by atoms with Gasteiger partial charge in [0.2, 0.25) is 11.8 Å². The molecular weight excluding hydrogens is 282 g/mol. The molecule has 2 amide bonds. The summed E-state index contributed by atoms with van der Waals surface area (Å²) in [6.45, 7) is 2.13. The van der Waals surface area contributed by atoms with Crippen LogP contribution in [0.3, 0.4) is 0 Å². The molecule has 1 saturated heterocycles. The first-order valence-corrected chi connectivity index (χ1v) is 7.19. The molecule has 1 fully saturated rings. The van der Waals surface area contributed by atoms with Gasteiger partial charge in [0.25, 0.3) is 0 Å². The number of nitrogens with one attached hydrogen (secondary N) is 1. The van der Waals surface area contributed by atoms with Crippen LogP contribution in [-0.2, 0) is 9.59 Å². The van der Waals surface area contributed by atoms with Crippen LogP contribution in [0.1, 0.15) is 19.8 Å². The number of hydrogen-bond donors (Lipinski definition) is 1. The van der Waals surface area contributed by atoms with Gasteiger partial charge in [-0.25, -0.2) is 9.67 Å². The van der Waals surface area contributed by atoms with Crippen molar-refractivity contribution in [2.24, 2.45) is 0 Å². The number of carbonyl (C=O) groups is 2. The average Bonchev–Trinajstić information content (AvgIpc) is 3.19. The molecule has 1 aliphatic rings. The Hall–Kier alpha value is -2.70. The normalized spacial score (nSPS) is 17.5. The van der Waals surface area contributed by atoms with Gasteiger partial charge in [-0.15, -0.1) is 0 Å². The van der Waals surface area contributed by atoms with E-state index in [1.54, 1.807) is 40.3 Å². The first-order chi connectivity index (χ1) is 10.6. The van der Waals surface area contributed by atoms with Crippen LogP contribution >= 0.6 is 0 Å². The molecule has 22 heavy (non-hydrogen) atoms. The number of pyridine rings is 1. The topological polar surface area (TPSA) is 80.1 Å². The van der Waals surface area contributed by atoms with Crippen LogP contribution in [0, 0.1) is 0 Å². The van der Waals surface area contributed by atoms with Gasteiger partial charge in [-0.05, 0) is 31.0 Å². The Bertz CT molecular complexity index is 666. The Morgan fingerprint density at radius 2 is 2.23 bits per heavy atom. The van der Waals surface area contributed by atoms with Crippen LogP contribution in [0.4, 0.5) is 5.69 Å². The van der Waals surface area contributed by atoms with E-state index in [1.807, 2.05) is 6.07 Å². The van der Waals surface area contributed by atoms with E-state index in [1.165, 1.54) is 6.92 Å². The lowest BCUT2D eigenvalue weighted by Gasteiger charge is -2.22. The molecule has 1 atom stereocenters. The molecule has 7 nitrogen and oxygen atoms in total. The van der Waals surface area contributed by atoms with Crippen molar-refractivity contribution >= 4 is 17.5 Å². The van der Waals surface area contributed by atoms with Crippen molar-refractivity contribution in [1.82, 2.24) is 19.7 Å². The number of nitrogens with zero attached hydrogens (tertiary/aromatic N) is 4. The molecule has 0 aromatic carbocycles. The van der Waals surface area contributed by atoms with E-state index in [0.717, 1.165) is 6.42 Å². The third kappa shape index (κ3) is 2.83. The summed E-state index contributed by atoms with van der Waals surface area (Å²) in [7, 11) is 0. The van der Waals surface area contributed by atoms with Crippen molar-refractivity contribution in [2.75, 3.05) is 11.9 Å². The molecule has 0 spiro atoms. The molecule has 0 saturated carbocycles. The molecule has 2 aromatic rings. The minimum absolute atomic E-state index is 0.0650. The number of carbonyl (C=O) groups excluding carboxylic acids is 2. The smallest absolute Gasteiger partial charge is 0.247 e. The molecule has 0 aliphatic carbocycles. The first kappa shape index (κ1) is 14.2. The summed E-state index contributed by atoms with van der Waals surface area (Å²) in [5.74, 6) is 0.445. The Labute approximate surface area is 127 Å². The van der Waals surface area contributed by atoms with E-state index in [-0.39, 0.29) is 17.9 Å². The maximum Gasteiger partial charge on any atom is 0.247 e. The zero-order valence-corrected chi connectivity index (χ0v) is 12.3. The van der Waals surface area contributed by atoms with Crippen molar-refractivity contribution in [3.05, 3.63) is 36.8 Å². The van der Waals surface area contributed by atoms with Gasteiger partial charge in [-0.3, -0.25) is 9.59 Å². The lowest BCUT2D eigenvalue weighted by Crippen LogP contribution is -2.42. The van der Waals surface area contributed by atoms with Crippen molar-refractivity contribution in [1.29, 1.82) is 0 Å². The number of rotatable bonds is 3. The predicted molar refractivity (Wildman–Crippen MR) is 80.4 cm³/mol. The highest BCUT2D eigenvalue weighted by atomic mass is 16.2. The summed E-state index contributed by atoms with van der Waals surface area (Å²) in [5, 5.41) is 6.91. The average molecular weight is 299 g/mol. The largest absolute Gasteiger partial charge is 0.331 e. The molecule has 1 N–H and O–H groups in total. The van der Waals surface area contributed by atoms with Crippen molar-refractivity contribution < 1.29 is 9.59 Å². The number of likely N-dealkylation sites (tertiary alicyclic amines) is 1. The predicted octanol–water partition coefficient (Wildman–Crippen LogP) is 1.22. The van der Waals surface area contributed by atoms with E-state index in [9.17, 15) is 9.59 Å². The second-order valence-corrected chi connectivity index (χ2v) is 5.22. The summed E-state index contributed by atoms with van der Waals surface area (Å²) in [5.41, 5.74) is 0.608. The Kier molecular flexibility index (Phi) is 3.86. The number of amides is 2. The SMILES string of the molecule is CC(=O)N1CCC[C@@H]1C(=O)Nc1ccc(-n2cccn2)nc1. The molecule has 0 unspecified atom stereocenters.